The fraction of sp³-hybridized carbons (Fsp3) is 0.182. The number of anilines is 1. The molecule has 1 unspecified atom stereocenters. The minimum atomic E-state index is -0.244. The van der Waals surface area contributed by atoms with E-state index in [9.17, 15) is 9.59 Å². The van der Waals surface area contributed by atoms with Gasteiger partial charge in [-0.2, -0.15) is 0 Å². The van der Waals surface area contributed by atoms with Crippen molar-refractivity contribution in [2.24, 2.45) is 0 Å². The van der Waals surface area contributed by atoms with E-state index in [1.165, 1.54) is 16.9 Å². The van der Waals surface area contributed by atoms with E-state index in [0.717, 1.165) is 6.42 Å². The zero-order valence-corrected chi connectivity index (χ0v) is 17.0. The molecule has 2 amide bonds. The molecule has 0 aliphatic carbocycles. The van der Waals surface area contributed by atoms with Gasteiger partial charge in [-0.25, -0.2) is 0 Å². The predicted octanol–water partition coefficient (Wildman–Crippen LogP) is 5.58. The molecule has 3 aromatic rings. The molecular weight excluding hydrogens is 392 g/mol. The van der Waals surface area contributed by atoms with Gasteiger partial charge in [0, 0.05) is 12.1 Å². The summed E-state index contributed by atoms with van der Waals surface area (Å²) in [6, 6.07) is 18.6. The number of halogens is 1. The lowest BCUT2D eigenvalue weighted by Crippen LogP contribution is -2.25. The Morgan fingerprint density at radius 2 is 1.82 bits per heavy atom. The van der Waals surface area contributed by atoms with Crippen LogP contribution in [-0.2, 0) is 0 Å². The second-order valence-electron chi connectivity index (χ2n) is 6.48. The van der Waals surface area contributed by atoms with E-state index in [4.69, 9.17) is 11.6 Å². The second-order valence-corrected chi connectivity index (χ2v) is 7.84. The van der Waals surface area contributed by atoms with Crippen LogP contribution in [0.5, 0.6) is 0 Å². The molecule has 1 heterocycles. The van der Waals surface area contributed by atoms with Crippen LogP contribution in [-0.4, -0.2) is 18.4 Å². The molecule has 144 valence electrons. The molecule has 0 saturated heterocycles. The van der Waals surface area contributed by atoms with Gasteiger partial charge in [-0.05, 0) is 47.5 Å². The first-order valence-electron chi connectivity index (χ1n) is 9.02. The van der Waals surface area contributed by atoms with Gasteiger partial charge in [0.25, 0.3) is 11.8 Å². The standard InChI is InChI=1S/C22H21ClN2O2S/c1-15(16-6-3-2-4-7-16)11-12-24-21(26)17-9-10-18(23)19(14-17)25-22(27)20-8-5-13-28-20/h2-10,13-15H,11-12H2,1H3,(H,24,26)(H,25,27). The molecule has 0 aliphatic heterocycles. The van der Waals surface area contributed by atoms with Gasteiger partial charge in [0.1, 0.15) is 0 Å². The molecule has 6 heteroatoms. The lowest BCUT2D eigenvalue weighted by Gasteiger charge is -2.13. The fourth-order valence-corrected chi connectivity index (χ4v) is 3.59. The van der Waals surface area contributed by atoms with Crippen molar-refractivity contribution in [2.75, 3.05) is 11.9 Å². The summed E-state index contributed by atoms with van der Waals surface area (Å²) in [4.78, 5) is 25.3. The van der Waals surface area contributed by atoms with Crippen LogP contribution in [0.15, 0.2) is 66.0 Å². The van der Waals surface area contributed by atoms with Crippen molar-refractivity contribution >= 4 is 40.4 Å². The van der Waals surface area contributed by atoms with Crippen molar-refractivity contribution in [3.05, 3.63) is 87.1 Å². The second kappa shape index (κ2) is 9.53. The summed E-state index contributed by atoms with van der Waals surface area (Å²) >= 11 is 7.52. The SMILES string of the molecule is CC(CCNC(=O)c1ccc(Cl)c(NC(=O)c2cccs2)c1)c1ccccc1. The quantitative estimate of drug-likeness (QED) is 0.532. The summed E-state index contributed by atoms with van der Waals surface area (Å²) in [6.07, 6.45) is 0.839. The number of benzene rings is 2. The van der Waals surface area contributed by atoms with Crippen molar-refractivity contribution in [3.63, 3.8) is 0 Å². The first-order chi connectivity index (χ1) is 13.5. The van der Waals surface area contributed by atoms with Crippen molar-refractivity contribution in [1.29, 1.82) is 0 Å². The molecule has 0 bridgehead atoms. The maximum atomic E-state index is 12.5. The summed E-state index contributed by atoms with van der Waals surface area (Å²) in [7, 11) is 0. The third-order valence-electron chi connectivity index (χ3n) is 4.45. The number of hydrogen-bond donors (Lipinski definition) is 2. The molecule has 2 aromatic carbocycles. The Hall–Kier alpha value is -2.63. The maximum absolute atomic E-state index is 12.5. The Kier molecular flexibility index (Phi) is 6.85. The predicted molar refractivity (Wildman–Crippen MR) is 116 cm³/mol. The number of amides is 2. The third-order valence-corrected chi connectivity index (χ3v) is 5.65. The van der Waals surface area contributed by atoms with E-state index in [1.807, 2.05) is 29.6 Å². The molecule has 1 aromatic heterocycles. The molecular formula is C22H21ClN2O2S. The molecule has 0 saturated carbocycles. The number of rotatable bonds is 7. The van der Waals surface area contributed by atoms with Crippen LogP contribution < -0.4 is 10.6 Å². The molecule has 28 heavy (non-hydrogen) atoms. The Morgan fingerprint density at radius 1 is 1.04 bits per heavy atom. The Morgan fingerprint density at radius 3 is 2.54 bits per heavy atom. The molecule has 0 aliphatic rings. The van der Waals surface area contributed by atoms with Gasteiger partial charge >= 0.3 is 0 Å². The lowest BCUT2D eigenvalue weighted by molar-refractivity contribution is 0.0951. The first kappa shape index (κ1) is 20.1. The zero-order chi connectivity index (χ0) is 19.9. The van der Waals surface area contributed by atoms with E-state index in [0.29, 0.717) is 33.6 Å². The van der Waals surface area contributed by atoms with Gasteiger partial charge in [-0.1, -0.05) is 54.9 Å². The number of carbonyl (C=O) groups excluding carboxylic acids is 2. The van der Waals surface area contributed by atoms with Crippen LogP contribution in [0, 0.1) is 0 Å². The van der Waals surface area contributed by atoms with E-state index in [1.54, 1.807) is 24.3 Å². The van der Waals surface area contributed by atoms with Gasteiger partial charge < -0.3 is 10.6 Å². The van der Waals surface area contributed by atoms with Crippen molar-refractivity contribution in [3.8, 4) is 0 Å². The molecule has 2 N–H and O–H groups in total. The third kappa shape index (κ3) is 5.21. The minimum absolute atomic E-state index is 0.191. The highest BCUT2D eigenvalue weighted by Crippen LogP contribution is 2.24. The average molecular weight is 413 g/mol. The fourth-order valence-electron chi connectivity index (χ4n) is 2.81. The maximum Gasteiger partial charge on any atom is 0.265 e. The highest BCUT2D eigenvalue weighted by Gasteiger charge is 2.13. The monoisotopic (exact) mass is 412 g/mol. The lowest BCUT2D eigenvalue weighted by atomic mass is 9.98. The number of carbonyl (C=O) groups is 2. The topological polar surface area (TPSA) is 58.2 Å². The van der Waals surface area contributed by atoms with E-state index < -0.39 is 0 Å². The molecule has 0 spiro atoms. The summed E-state index contributed by atoms with van der Waals surface area (Å²) in [5, 5.41) is 7.92. The zero-order valence-electron chi connectivity index (χ0n) is 15.4. The molecule has 0 radical (unpaired) electrons. The smallest absolute Gasteiger partial charge is 0.265 e. The highest BCUT2D eigenvalue weighted by molar-refractivity contribution is 7.12. The summed E-state index contributed by atoms with van der Waals surface area (Å²) in [6.45, 7) is 2.70. The largest absolute Gasteiger partial charge is 0.352 e. The van der Waals surface area contributed by atoms with Crippen LogP contribution >= 0.6 is 22.9 Å². The normalized spacial score (nSPS) is 11.6. The van der Waals surface area contributed by atoms with Crippen LogP contribution in [0.25, 0.3) is 0 Å². The van der Waals surface area contributed by atoms with Crippen molar-refractivity contribution in [1.82, 2.24) is 5.32 Å². The van der Waals surface area contributed by atoms with Crippen LogP contribution in [0.1, 0.15) is 44.9 Å². The summed E-state index contributed by atoms with van der Waals surface area (Å²) in [5.74, 6) is -0.0814. The van der Waals surface area contributed by atoms with E-state index in [-0.39, 0.29) is 11.8 Å². The highest BCUT2D eigenvalue weighted by atomic mass is 35.5. The van der Waals surface area contributed by atoms with Gasteiger partial charge in [0.05, 0.1) is 15.6 Å². The van der Waals surface area contributed by atoms with Gasteiger partial charge in [0.2, 0.25) is 0 Å². The summed E-state index contributed by atoms with van der Waals surface area (Å²) < 4.78 is 0. The summed E-state index contributed by atoms with van der Waals surface area (Å²) in [5.41, 5.74) is 2.13. The average Bonchev–Trinajstić information content (AvgIpc) is 3.25. The van der Waals surface area contributed by atoms with Crippen molar-refractivity contribution < 1.29 is 9.59 Å². The molecule has 4 nitrogen and oxygen atoms in total. The van der Waals surface area contributed by atoms with Crippen LogP contribution in [0.3, 0.4) is 0 Å². The van der Waals surface area contributed by atoms with E-state index in [2.05, 4.69) is 29.7 Å². The molecule has 3 rings (SSSR count). The Bertz CT molecular complexity index is 942. The van der Waals surface area contributed by atoms with Crippen LogP contribution in [0.4, 0.5) is 5.69 Å². The van der Waals surface area contributed by atoms with Gasteiger partial charge in [-0.15, -0.1) is 11.3 Å². The Labute approximate surface area is 173 Å². The van der Waals surface area contributed by atoms with Crippen LogP contribution in [0.2, 0.25) is 5.02 Å². The minimum Gasteiger partial charge on any atom is -0.352 e. The van der Waals surface area contributed by atoms with Gasteiger partial charge in [0.15, 0.2) is 0 Å². The molecule has 1 atom stereocenters. The number of thiophene rings is 1. The van der Waals surface area contributed by atoms with Crippen molar-refractivity contribution in [2.45, 2.75) is 19.3 Å². The Balaban J connectivity index is 1.58. The number of hydrogen-bond acceptors (Lipinski definition) is 3. The van der Waals surface area contributed by atoms with Gasteiger partial charge in [-0.3, -0.25) is 9.59 Å². The first-order valence-corrected chi connectivity index (χ1v) is 10.3. The number of nitrogens with one attached hydrogen (secondary N) is 2. The van der Waals surface area contributed by atoms with E-state index >= 15 is 0 Å². The molecule has 0 fully saturated rings.